The molecule has 0 aliphatic carbocycles. The van der Waals surface area contributed by atoms with Crippen molar-refractivity contribution in [2.24, 2.45) is 0 Å². The minimum absolute atomic E-state index is 0.0457. The van der Waals surface area contributed by atoms with E-state index in [-0.39, 0.29) is 12.5 Å². The molecule has 0 saturated carbocycles. The summed E-state index contributed by atoms with van der Waals surface area (Å²) in [5.74, 6) is -0.119. The van der Waals surface area contributed by atoms with Crippen LogP contribution in [0.3, 0.4) is 0 Å². The highest BCUT2D eigenvalue weighted by molar-refractivity contribution is 9.10. The monoisotopic (exact) mass is 342 g/mol. The molecule has 0 aliphatic heterocycles. The number of hydrogen-bond acceptors (Lipinski definition) is 4. The summed E-state index contributed by atoms with van der Waals surface area (Å²) in [7, 11) is 0. The number of carbonyl (C=O) groups excluding carboxylic acids is 1. The molecule has 1 aromatic carbocycles. The molecule has 1 aromatic heterocycles. The lowest BCUT2D eigenvalue weighted by molar-refractivity contribution is 0.0738. The zero-order valence-electron chi connectivity index (χ0n) is 10.5. The summed E-state index contributed by atoms with van der Waals surface area (Å²) in [6, 6.07) is 5.77. The Kier molecular flexibility index (Phi) is 4.44. The molecule has 0 atom stereocenters. The van der Waals surface area contributed by atoms with Crippen molar-refractivity contribution in [1.29, 1.82) is 0 Å². The van der Waals surface area contributed by atoms with Crippen LogP contribution in [0.5, 0.6) is 0 Å². The number of halogens is 1. The maximum Gasteiger partial charge on any atom is 0.266 e. The number of carbonyl (C=O) groups is 1. The molecule has 0 radical (unpaired) electrons. The molecule has 4 nitrogen and oxygen atoms in total. The van der Waals surface area contributed by atoms with Crippen molar-refractivity contribution < 1.29 is 9.90 Å². The smallest absolute Gasteiger partial charge is 0.266 e. The van der Waals surface area contributed by atoms with Gasteiger partial charge in [-0.15, -0.1) is 11.3 Å². The van der Waals surface area contributed by atoms with E-state index in [1.54, 1.807) is 4.90 Å². The fourth-order valence-electron chi connectivity index (χ4n) is 1.92. The van der Waals surface area contributed by atoms with Gasteiger partial charge in [-0.2, -0.15) is 0 Å². The summed E-state index contributed by atoms with van der Waals surface area (Å²) in [5.41, 5.74) is 6.59. The predicted octanol–water partition coefficient (Wildman–Crippen LogP) is 2.70. The lowest BCUT2D eigenvalue weighted by Crippen LogP contribution is -2.33. The number of likely N-dealkylation sites (N-methyl/N-ethyl adjacent to an activating group) is 1. The van der Waals surface area contributed by atoms with Crippen LogP contribution in [-0.2, 0) is 0 Å². The topological polar surface area (TPSA) is 66.6 Å². The Morgan fingerprint density at radius 3 is 2.89 bits per heavy atom. The van der Waals surface area contributed by atoms with E-state index in [0.29, 0.717) is 23.7 Å². The summed E-state index contributed by atoms with van der Waals surface area (Å²) >= 11 is 4.80. The molecular formula is C13H15BrN2O2S. The van der Waals surface area contributed by atoms with Crippen LogP contribution in [0.1, 0.15) is 16.6 Å². The third kappa shape index (κ3) is 2.75. The molecule has 2 aromatic rings. The van der Waals surface area contributed by atoms with Gasteiger partial charge in [0.15, 0.2) is 0 Å². The third-order valence-corrected chi connectivity index (χ3v) is 4.57. The second-order valence-corrected chi connectivity index (χ2v) is 6.06. The van der Waals surface area contributed by atoms with Gasteiger partial charge in [0.2, 0.25) is 0 Å². The molecule has 0 saturated heterocycles. The zero-order chi connectivity index (χ0) is 14.0. The first kappa shape index (κ1) is 14.3. The summed E-state index contributed by atoms with van der Waals surface area (Å²) < 4.78 is 1.94. The molecule has 0 fully saturated rings. The first-order valence-electron chi connectivity index (χ1n) is 5.96. The average molecular weight is 343 g/mol. The van der Waals surface area contributed by atoms with E-state index in [9.17, 15) is 4.79 Å². The van der Waals surface area contributed by atoms with E-state index >= 15 is 0 Å². The average Bonchev–Trinajstić information content (AvgIpc) is 2.72. The van der Waals surface area contributed by atoms with Gasteiger partial charge in [0.25, 0.3) is 5.91 Å². The number of fused-ring (bicyclic) bond motifs is 1. The molecule has 0 spiro atoms. The zero-order valence-corrected chi connectivity index (χ0v) is 12.9. The van der Waals surface area contributed by atoms with Gasteiger partial charge >= 0.3 is 0 Å². The lowest BCUT2D eigenvalue weighted by Gasteiger charge is -2.18. The fourth-order valence-corrected chi connectivity index (χ4v) is 3.56. The number of aliphatic hydroxyl groups excluding tert-OH is 1. The summed E-state index contributed by atoms with van der Waals surface area (Å²) in [4.78, 5) is 14.5. The number of anilines is 1. The molecular weight excluding hydrogens is 328 g/mol. The summed E-state index contributed by atoms with van der Waals surface area (Å²) in [6.07, 6.45) is 0. The quantitative estimate of drug-likeness (QED) is 0.897. The van der Waals surface area contributed by atoms with Crippen LogP contribution in [0.4, 0.5) is 5.69 Å². The molecule has 3 N–H and O–H groups in total. The molecule has 0 aliphatic rings. The Morgan fingerprint density at radius 1 is 1.53 bits per heavy atom. The van der Waals surface area contributed by atoms with E-state index in [1.807, 2.05) is 25.1 Å². The highest BCUT2D eigenvalue weighted by Crippen LogP contribution is 2.35. The number of rotatable bonds is 4. The van der Waals surface area contributed by atoms with Crippen LogP contribution in [0, 0.1) is 0 Å². The van der Waals surface area contributed by atoms with Gasteiger partial charge in [0.05, 0.1) is 12.3 Å². The SMILES string of the molecule is CCN(CCO)C(=O)c1sc2cc(Br)ccc2c1N. The highest BCUT2D eigenvalue weighted by atomic mass is 79.9. The van der Waals surface area contributed by atoms with Crippen molar-refractivity contribution in [1.82, 2.24) is 4.90 Å². The van der Waals surface area contributed by atoms with E-state index in [1.165, 1.54) is 11.3 Å². The second-order valence-electron chi connectivity index (χ2n) is 4.09. The van der Waals surface area contributed by atoms with Crippen molar-refractivity contribution >= 4 is 48.9 Å². The molecule has 1 heterocycles. The Balaban J connectivity index is 2.44. The maximum atomic E-state index is 12.4. The van der Waals surface area contributed by atoms with Gasteiger partial charge in [-0.25, -0.2) is 0 Å². The van der Waals surface area contributed by atoms with Crippen LogP contribution in [0.15, 0.2) is 22.7 Å². The number of nitrogens with two attached hydrogens (primary N) is 1. The van der Waals surface area contributed by atoms with E-state index < -0.39 is 0 Å². The van der Waals surface area contributed by atoms with E-state index in [4.69, 9.17) is 10.8 Å². The predicted molar refractivity (Wildman–Crippen MR) is 82.6 cm³/mol. The van der Waals surface area contributed by atoms with Crippen LogP contribution >= 0.6 is 27.3 Å². The Labute approximate surface area is 124 Å². The van der Waals surface area contributed by atoms with Crippen LogP contribution in [0.25, 0.3) is 10.1 Å². The van der Waals surface area contributed by atoms with Gasteiger partial charge in [-0.05, 0) is 19.1 Å². The largest absolute Gasteiger partial charge is 0.397 e. The molecule has 1 amide bonds. The summed E-state index contributed by atoms with van der Waals surface area (Å²) in [6.45, 7) is 2.72. The number of benzene rings is 1. The first-order chi connectivity index (χ1) is 9.08. The van der Waals surface area contributed by atoms with Crippen molar-refractivity contribution in [3.05, 3.63) is 27.5 Å². The number of amides is 1. The molecule has 19 heavy (non-hydrogen) atoms. The number of nitrogen functional groups attached to an aromatic ring is 1. The molecule has 6 heteroatoms. The number of hydrogen-bond donors (Lipinski definition) is 2. The number of aliphatic hydroxyl groups is 1. The first-order valence-corrected chi connectivity index (χ1v) is 7.57. The van der Waals surface area contributed by atoms with E-state index in [2.05, 4.69) is 15.9 Å². The molecule has 0 bridgehead atoms. The maximum absolute atomic E-state index is 12.4. The normalized spacial score (nSPS) is 10.9. The fraction of sp³-hybridized carbons (Fsp3) is 0.308. The van der Waals surface area contributed by atoms with Gasteiger partial charge < -0.3 is 15.7 Å². The van der Waals surface area contributed by atoms with Crippen molar-refractivity contribution in [3.8, 4) is 0 Å². The van der Waals surface area contributed by atoms with Gasteiger partial charge in [0, 0.05) is 27.6 Å². The van der Waals surface area contributed by atoms with E-state index in [0.717, 1.165) is 14.6 Å². The van der Waals surface area contributed by atoms with Gasteiger partial charge in [-0.1, -0.05) is 22.0 Å². The minimum Gasteiger partial charge on any atom is -0.397 e. The lowest BCUT2D eigenvalue weighted by atomic mass is 10.2. The van der Waals surface area contributed by atoms with Gasteiger partial charge in [0.1, 0.15) is 4.88 Å². The Morgan fingerprint density at radius 2 is 2.26 bits per heavy atom. The minimum atomic E-state index is -0.119. The Bertz CT molecular complexity index is 612. The number of nitrogens with zero attached hydrogens (tertiary/aromatic N) is 1. The van der Waals surface area contributed by atoms with Crippen LogP contribution in [-0.4, -0.2) is 35.6 Å². The van der Waals surface area contributed by atoms with Crippen molar-refractivity contribution in [3.63, 3.8) is 0 Å². The molecule has 0 unspecified atom stereocenters. The van der Waals surface area contributed by atoms with Gasteiger partial charge in [-0.3, -0.25) is 4.79 Å². The molecule has 2 rings (SSSR count). The number of thiophene rings is 1. The third-order valence-electron chi connectivity index (χ3n) is 2.92. The standard InChI is InChI=1S/C13H15BrN2O2S/c1-2-16(5-6-17)13(18)12-11(15)9-4-3-8(14)7-10(9)19-12/h3-4,7,17H,2,5-6,15H2,1H3. The van der Waals surface area contributed by atoms with Crippen molar-refractivity contribution in [2.75, 3.05) is 25.4 Å². The molecule has 102 valence electrons. The highest BCUT2D eigenvalue weighted by Gasteiger charge is 2.20. The Hall–Kier alpha value is -1.11. The summed E-state index contributed by atoms with van der Waals surface area (Å²) in [5, 5.41) is 9.88. The van der Waals surface area contributed by atoms with Crippen LogP contribution in [0.2, 0.25) is 0 Å². The second kappa shape index (κ2) is 5.90. The van der Waals surface area contributed by atoms with Crippen molar-refractivity contribution in [2.45, 2.75) is 6.92 Å². The van der Waals surface area contributed by atoms with Crippen LogP contribution < -0.4 is 5.73 Å².